The molecule has 0 fully saturated rings. The Morgan fingerprint density at radius 1 is 1.24 bits per heavy atom. The molecule has 0 unspecified atom stereocenters. The molecule has 0 bridgehead atoms. The van der Waals surface area contributed by atoms with Gasteiger partial charge in [0.2, 0.25) is 5.89 Å². The highest BCUT2D eigenvalue weighted by molar-refractivity contribution is 7.18. The minimum atomic E-state index is -0.0905. The molecule has 0 amide bonds. The maximum absolute atomic E-state index is 12.1. The maximum Gasteiger partial charge on any atom is 0.259 e. The van der Waals surface area contributed by atoms with Crippen LogP contribution in [0.3, 0.4) is 0 Å². The number of aromatic nitrogens is 4. The number of aryl methyl sites for hydroxylation is 3. The number of aromatic amines is 1. The van der Waals surface area contributed by atoms with Gasteiger partial charge in [-0.05, 0) is 26.3 Å². The Hall–Kier alpha value is -2.06. The van der Waals surface area contributed by atoms with E-state index in [9.17, 15) is 4.79 Å². The fourth-order valence-corrected chi connectivity index (χ4v) is 3.13. The number of H-pyrrole nitrogens is 1. The Morgan fingerprint density at radius 2 is 2.05 bits per heavy atom. The number of fused-ring (bicyclic) bond motifs is 1. The van der Waals surface area contributed by atoms with Crippen molar-refractivity contribution in [2.45, 2.75) is 33.9 Å². The van der Waals surface area contributed by atoms with E-state index >= 15 is 0 Å². The lowest BCUT2D eigenvalue weighted by Crippen LogP contribution is -2.19. The minimum Gasteiger partial charge on any atom is -0.338 e. The lowest BCUT2D eigenvalue weighted by molar-refractivity contribution is 0.363. The molecule has 0 spiro atoms. The van der Waals surface area contributed by atoms with E-state index in [1.165, 1.54) is 0 Å². The van der Waals surface area contributed by atoms with Crippen molar-refractivity contribution in [3.05, 3.63) is 38.3 Å². The average Bonchev–Trinajstić information content (AvgIpc) is 2.95. The Labute approximate surface area is 124 Å². The first-order valence-electron chi connectivity index (χ1n) is 6.53. The number of nitrogens with zero attached hydrogens (tertiary/aromatic N) is 3. The Kier molecular flexibility index (Phi) is 3.56. The van der Waals surface area contributed by atoms with Gasteiger partial charge in [-0.15, -0.1) is 11.3 Å². The molecule has 0 aliphatic rings. The fourth-order valence-electron chi connectivity index (χ4n) is 2.08. The zero-order chi connectivity index (χ0) is 15.0. The predicted octanol–water partition coefficient (Wildman–Crippen LogP) is 1.58. The topological polar surface area (TPSA) is 96.7 Å². The van der Waals surface area contributed by atoms with Crippen LogP contribution in [0.15, 0.2) is 9.32 Å². The zero-order valence-electron chi connectivity index (χ0n) is 12.0. The summed E-state index contributed by atoms with van der Waals surface area (Å²) in [6, 6.07) is 0. The summed E-state index contributed by atoms with van der Waals surface area (Å²) in [6.07, 6.45) is 0. The SMILES string of the molecule is Cc1noc(CNCc2nc3sc(C)c(C)c3c(=O)[nH]2)n1. The minimum absolute atomic E-state index is 0.0905. The van der Waals surface area contributed by atoms with E-state index in [1.54, 1.807) is 18.3 Å². The van der Waals surface area contributed by atoms with Crippen molar-refractivity contribution in [2.24, 2.45) is 0 Å². The second-order valence-corrected chi connectivity index (χ2v) is 6.02. The van der Waals surface area contributed by atoms with Crippen molar-refractivity contribution in [3.63, 3.8) is 0 Å². The van der Waals surface area contributed by atoms with Gasteiger partial charge in [-0.3, -0.25) is 4.79 Å². The molecule has 0 atom stereocenters. The van der Waals surface area contributed by atoms with Gasteiger partial charge < -0.3 is 14.8 Å². The van der Waals surface area contributed by atoms with Crippen LogP contribution < -0.4 is 10.9 Å². The van der Waals surface area contributed by atoms with Crippen LogP contribution in [0.2, 0.25) is 0 Å². The second kappa shape index (κ2) is 5.38. The van der Waals surface area contributed by atoms with Crippen LogP contribution in [0.25, 0.3) is 10.2 Å². The van der Waals surface area contributed by atoms with Gasteiger partial charge in [0.05, 0.1) is 18.5 Å². The predicted molar refractivity (Wildman–Crippen MR) is 79.3 cm³/mol. The van der Waals surface area contributed by atoms with Crippen LogP contribution in [0.4, 0.5) is 0 Å². The summed E-state index contributed by atoms with van der Waals surface area (Å²) in [5, 5.41) is 7.52. The van der Waals surface area contributed by atoms with Crippen molar-refractivity contribution < 1.29 is 4.52 Å². The summed E-state index contributed by atoms with van der Waals surface area (Å²) < 4.78 is 5.00. The van der Waals surface area contributed by atoms with E-state index < -0.39 is 0 Å². The molecular formula is C13H15N5O2S. The van der Waals surface area contributed by atoms with Crippen LogP contribution in [0, 0.1) is 20.8 Å². The van der Waals surface area contributed by atoms with Crippen LogP contribution >= 0.6 is 11.3 Å². The third kappa shape index (κ3) is 2.72. The lowest BCUT2D eigenvalue weighted by Gasteiger charge is -2.01. The summed E-state index contributed by atoms with van der Waals surface area (Å²) in [4.78, 5) is 25.4. The monoisotopic (exact) mass is 305 g/mol. The number of rotatable bonds is 4. The van der Waals surface area contributed by atoms with Gasteiger partial charge in [0.15, 0.2) is 5.82 Å². The van der Waals surface area contributed by atoms with Crippen LogP contribution in [-0.2, 0) is 13.1 Å². The van der Waals surface area contributed by atoms with Gasteiger partial charge in [0, 0.05) is 4.88 Å². The molecule has 3 rings (SSSR count). The number of thiophene rings is 1. The number of hydrogen-bond acceptors (Lipinski definition) is 7. The van der Waals surface area contributed by atoms with Gasteiger partial charge in [-0.1, -0.05) is 5.16 Å². The van der Waals surface area contributed by atoms with Crippen LogP contribution in [0.5, 0.6) is 0 Å². The standard InChI is InChI=1S/C13H15N5O2S/c1-6-7(2)21-13-11(6)12(19)16-9(17-13)4-14-5-10-15-8(3)18-20-10/h14H,4-5H2,1-3H3,(H,16,17,19). The van der Waals surface area contributed by atoms with Gasteiger partial charge in [0.25, 0.3) is 5.56 Å². The first-order chi connectivity index (χ1) is 10.0. The molecule has 0 aliphatic carbocycles. The molecule has 0 saturated carbocycles. The van der Waals surface area contributed by atoms with Crippen molar-refractivity contribution in [3.8, 4) is 0 Å². The molecule has 2 N–H and O–H groups in total. The maximum atomic E-state index is 12.1. The smallest absolute Gasteiger partial charge is 0.259 e. The normalized spacial score (nSPS) is 11.4. The molecule has 3 aromatic rings. The van der Waals surface area contributed by atoms with Gasteiger partial charge in [-0.2, -0.15) is 4.98 Å². The van der Waals surface area contributed by atoms with Crippen LogP contribution in [0.1, 0.15) is 28.0 Å². The summed E-state index contributed by atoms with van der Waals surface area (Å²) in [5.41, 5.74) is 0.914. The quantitative estimate of drug-likeness (QED) is 0.759. The molecule has 0 saturated heterocycles. The summed E-state index contributed by atoms with van der Waals surface area (Å²) in [5.74, 6) is 1.72. The molecule has 0 aromatic carbocycles. The molecule has 3 heterocycles. The third-order valence-corrected chi connectivity index (χ3v) is 4.33. The summed E-state index contributed by atoms with van der Waals surface area (Å²) >= 11 is 1.54. The first-order valence-corrected chi connectivity index (χ1v) is 7.35. The second-order valence-electron chi connectivity index (χ2n) is 4.81. The van der Waals surface area contributed by atoms with Gasteiger partial charge in [-0.25, -0.2) is 4.98 Å². The summed E-state index contributed by atoms with van der Waals surface area (Å²) in [6.45, 7) is 6.58. The zero-order valence-corrected chi connectivity index (χ0v) is 12.8. The molecule has 0 radical (unpaired) electrons. The van der Waals surface area contributed by atoms with E-state index in [4.69, 9.17) is 4.52 Å². The number of nitrogens with one attached hydrogen (secondary N) is 2. The van der Waals surface area contributed by atoms with Crippen molar-refractivity contribution in [1.82, 2.24) is 25.4 Å². The highest BCUT2D eigenvalue weighted by Crippen LogP contribution is 2.25. The highest BCUT2D eigenvalue weighted by Gasteiger charge is 2.11. The van der Waals surface area contributed by atoms with Gasteiger partial charge in [0.1, 0.15) is 10.7 Å². The Balaban J connectivity index is 1.77. The van der Waals surface area contributed by atoms with E-state index in [0.29, 0.717) is 36.0 Å². The Bertz CT molecular complexity index is 848. The first kappa shape index (κ1) is 13.9. The van der Waals surface area contributed by atoms with Gasteiger partial charge >= 0.3 is 0 Å². The number of hydrogen-bond donors (Lipinski definition) is 2. The molecule has 3 aromatic heterocycles. The third-order valence-electron chi connectivity index (χ3n) is 3.23. The van der Waals surface area contributed by atoms with Crippen molar-refractivity contribution >= 4 is 21.6 Å². The lowest BCUT2D eigenvalue weighted by atomic mass is 10.2. The Morgan fingerprint density at radius 3 is 2.76 bits per heavy atom. The summed E-state index contributed by atoms with van der Waals surface area (Å²) in [7, 11) is 0. The van der Waals surface area contributed by atoms with E-state index in [0.717, 1.165) is 15.3 Å². The largest absolute Gasteiger partial charge is 0.338 e. The molecule has 8 heteroatoms. The average molecular weight is 305 g/mol. The van der Waals surface area contributed by atoms with Crippen molar-refractivity contribution in [1.29, 1.82) is 0 Å². The molecule has 7 nitrogen and oxygen atoms in total. The highest BCUT2D eigenvalue weighted by atomic mass is 32.1. The van der Waals surface area contributed by atoms with E-state index in [1.807, 2.05) is 13.8 Å². The van der Waals surface area contributed by atoms with E-state index in [-0.39, 0.29) is 5.56 Å². The molecule has 21 heavy (non-hydrogen) atoms. The van der Waals surface area contributed by atoms with Crippen LogP contribution in [-0.4, -0.2) is 20.1 Å². The van der Waals surface area contributed by atoms with E-state index in [2.05, 4.69) is 25.4 Å². The molecular weight excluding hydrogens is 290 g/mol. The van der Waals surface area contributed by atoms with Crippen molar-refractivity contribution in [2.75, 3.05) is 0 Å². The fraction of sp³-hybridized carbons (Fsp3) is 0.385. The molecule has 0 aliphatic heterocycles. The molecule has 110 valence electrons.